The second-order valence-electron chi connectivity index (χ2n) is 13.0. The summed E-state index contributed by atoms with van der Waals surface area (Å²) < 4.78 is 7.54. The largest absolute Gasteiger partial charge is 0.309 e. The Balaban J connectivity index is 1.15. The maximum absolute atomic E-state index is 2.46. The van der Waals surface area contributed by atoms with Crippen LogP contribution in [0, 0.1) is 0 Å². The van der Waals surface area contributed by atoms with Gasteiger partial charge in [0.2, 0.25) is 0 Å². The first-order chi connectivity index (χ1) is 24.3. The number of nitrogens with zero attached hydrogens (tertiary/aromatic N) is 2. The highest BCUT2D eigenvalue weighted by molar-refractivity contribution is 7.26. The van der Waals surface area contributed by atoms with Crippen LogP contribution in [0.2, 0.25) is 0 Å². The van der Waals surface area contributed by atoms with E-state index in [0.717, 1.165) is 0 Å². The molecule has 0 saturated carbocycles. The second-order valence-corrected chi connectivity index (χ2v) is 14.0. The quantitative estimate of drug-likeness (QED) is 0.182. The Morgan fingerprint density at radius 2 is 0.980 bits per heavy atom. The number of fused-ring (bicyclic) bond motifs is 11. The van der Waals surface area contributed by atoms with E-state index in [2.05, 4.69) is 179 Å². The Kier molecular flexibility index (Phi) is 5.57. The van der Waals surface area contributed by atoms with Gasteiger partial charge in [0.05, 0.1) is 26.8 Å². The summed E-state index contributed by atoms with van der Waals surface area (Å²) >= 11 is 1.90. The molecule has 0 atom stereocenters. The summed E-state index contributed by atoms with van der Waals surface area (Å²) in [6.45, 7) is 0. The highest BCUT2D eigenvalue weighted by Crippen LogP contribution is 2.44. The van der Waals surface area contributed by atoms with Crippen LogP contribution in [-0.4, -0.2) is 9.13 Å². The van der Waals surface area contributed by atoms with Crippen molar-refractivity contribution < 1.29 is 0 Å². The average molecular weight is 641 g/mol. The smallest absolute Gasteiger partial charge is 0.0719 e. The van der Waals surface area contributed by atoms with Gasteiger partial charge in [0, 0.05) is 48.4 Å². The zero-order valence-corrected chi connectivity index (χ0v) is 27.3. The minimum Gasteiger partial charge on any atom is -0.309 e. The van der Waals surface area contributed by atoms with Gasteiger partial charge in [0.25, 0.3) is 0 Å². The molecule has 8 aromatic carbocycles. The normalized spacial score (nSPS) is 12.1. The molecule has 0 amide bonds. The first-order valence-electron chi connectivity index (χ1n) is 16.8. The molecule has 0 N–H and O–H groups in total. The molecular weight excluding hydrogens is 613 g/mol. The van der Waals surface area contributed by atoms with Gasteiger partial charge in [0.15, 0.2) is 0 Å². The van der Waals surface area contributed by atoms with E-state index in [1.54, 1.807) is 0 Å². The summed E-state index contributed by atoms with van der Waals surface area (Å²) in [6.07, 6.45) is 0. The highest BCUT2D eigenvalue weighted by atomic mass is 32.1. The van der Waals surface area contributed by atoms with Crippen LogP contribution in [0.4, 0.5) is 0 Å². The second kappa shape index (κ2) is 10.2. The summed E-state index contributed by atoms with van der Waals surface area (Å²) in [5.74, 6) is 0. The van der Waals surface area contributed by atoms with Crippen molar-refractivity contribution >= 4 is 85.9 Å². The molecule has 0 bridgehead atoms. The summed E-state index contributed by atoms with van der Waals surface area (Å²) in [5.41, 5.74) is 9.76. The van der Waals surface area contributed by atoms with Gasteiger partial charge in [-0.25, -0.2) is 0 Å². The maximum atomic E-state index is 2.46. The van der Waals surface area contributed by atoms with Crippen LogP contribution in [0.25, 0.3) is 97.1 Å². The third kappa shape index (κ3) is 3.88. The van der Waals surface area contributed by atoms with Crippen LogP contribution in [0.5, 0.6) is 0 Å². The van der Waals surface area contributed by atoms with Gasteiger partial charge in [-0.15, -0.1) is 11.3 Å². The molecule has 3 aromatic heterocycles. The Labute approximate surface area is 286 Å². The van der Waals surface area contributed by atoms with E-state index in [1.165, 1.54) is 97.1 Å². The van der Waals surface area contributed by atoms with Crippen molar-refractivity contribution in [2.75, 3.05) is 0 Å². The Bertz CT molecular complexity index is 3100. The fourth-order valence-electron chi connectivity index (χ4n) is 8.05. The lowest BCUT2D eigenvalue weighted by Gasteiger charge is -2.10. The molecule has 0 spiro atoms. The maximum Gasteiger partial charge on any atom is 0.0719 e. The van der Waals surface area contributed by atoms with Crippen LogP contribution >= 0.6 is 11.3 Å². The molecule has 3 heteroatoms. The molecular formula is C46H28N2S. The lowest BCUT2D eigenvalue weighted by molar-refractivity contribution is 1.19. The fraction of sp³-hybridized carbons (Fsp3) is 0. The molecule has 0 aliphatic heterocycles. The van der Waals surface area contributed by atoms with Gasteiger partial charge < -0.3 is 9.13 Å². The third-order valence-corrected chi connectivity index (χ3v) is 11.5. The first kappa shape index (κ1) is 26.9. The Morgan fingerprint density at radius 3 is 1.82 bits per heavy atom. The predicted molar refractivity (Wildman–Crippen MR) is 211 cm³/mol. The lowest BCUT2D eigenvalue weighted by atomic mass is 10.0. The van der Waals surface area contributed by atoms with E-state index >= 15 is 0 Å². The molecule has 49 heavy (non-hydrogen) atoms. The SMILES string of the molecule is c1ccc(-n2c3ccc(-c4ccc5c(c4)c4ccccc4n5-c4ccc5ccccc5c4)cc3c3ccc4c5ccccc5sc4c32)cc1. The fourth-order valence-corrected chi connectivity index (χ4v) is 9.29. The van der Waals surface area contributed by atoms with E-state index in [-0.39, 0.29) is 0 Å². The molecule has 11 aromatic rings. The molecule has 0 unspecified atom stereocenters. The summed E-state index contributed by atoms with van der Waals surface area (Å²) in [6, 6.07) is 62.4. The van der Waals surface area contributed by atoms with Crippen LogP contribution in [0.3, 0.4) is 0 Å². The van der Waals surface area contributed by atoms with Crippen molar-refractivity contribution in [3.63, 3.8) is 0 Å². The van der Waals surface area contributed by atoms with Crippen LogP contribution in [0.1, 0.15) is 0 Å². The molecule has 0 saturated heterocycles. The van der Waals surface area contributed by atoms with Crippen molar-refractivity contribution in [3.8, 4) is 22.5 Å². The number of hydrogen-bond donors (Lipinski definition) is 0. The average Bonchev–Trinajstić information content (AvgIpc) is 3.82. The van der Waals surface area contributed by atoms with Gasteiger partial charge >= 0.3 is 0 Å². The number of rotatable bonds is 3. The number of thiophene rings is 1. The van der Waals surface area contributed by atoms with Gasteiger partial charge in [-0.05, 0) is 82.6 Å². The van der Waals surface area contributed by atoms with E-state index in [9.17, 15) is 0 Å². The van der Waals surface area contributed by atoms with Crippen molar-refractivity contribution in [3.05, 3.63) is 170 Å². The number of aromatic nitrogens is 2. The first-order valence-corrected chi connectivity index (χ1v) is 17.6. The number of benzene rings is 8. The Morgan fingerprint density at radius 1 is 0.347 bits per heavy atom. The summed E-state index contributed by atoms with van der Waals surface area (Å²) in [5, 5.41) is 10.2. The molecule has 0 aliphatic carbocycles. The topological polar surface area (TPSA) is 9.86 Å². The molecule has 0 fully saturated rings. The standard InChI is InChI=1S/C46H28N2S/c1-2-12-33(13-3-1)48-43-25-20-32(28-40(43)37-22-23-38-36-15-7-9-17-44(36)49-46(38)45(37)48)31-19-24-42-39(27-31)35-14-6-8-16-41(35)47(42)34-21-18-29-10-4-5-11-30(29)26-34/h1-28H. The molecule has 11 rings (SSSR count). The zero-order valence-electron chi connectivity index (χ0n) is 26.5. The van der Waals surface area contributed by atoms with Gasteiger partial charge in [-0.1, -0.05) is 109 Å². The predicted octanol–water partition coefficient (Wildman–Crippen LogP) is 13.1. The van der Waals surface area contributed by atoms with Crippen molar-refractivity contribution in [2.45, 2.75) is 0 Å². The molecule has 0 aliphatic rings. The molecule has 2 nitrogen and oxygen atoms in total. The summed E-state index contributed by atoms with van der Waals surface area (Å²) in [7, 11) is 0. The summed E-state index contributed by atoms with van der Waals surface area (Å²) in [4.78, 5) is 0. The zero-order chi connectivity index (χ0) is 32.1. The monoisotopic (exact) mass is 640 g/mol. The van der Waals surface area contributed by atoms with E-state index in [1.807, 2.05) is 11.3 Å². The van der Waals surface area contributed by atoms with Crippen molar-refractivity contribution in [2.24, 2.45) is 0 Å². The lowest BCUT2D eigenvalue weighted by Crippen LogP contribution is -1.94. The van der Waals surface area contributed by atoms with Crippen LogP contribution < -0.4 is 0 Å². The van der Waals surface area contributed by atoms with Gasteiger partial charge in [0.1, 0.15) is 0 Å². The van der Waals surface area contributed by atoms with E-state index in [4.69, 9.17) is 0 Å². The molecule has 3 heterocycles. The minimum atomic E-state index is 1.18. The third-order valence-electron chi connectivity index (χ3n) is 10.3. The van der Waals surface area contributed by atoms with Gasteiger partial charge in [-0.3, -0.25) is 0 Å². The number of para-hydroxylation sites is 2. The van der Waals surface area contributed by atoms with Gasteiger partial charge in [-0.2, -0.15) is 0 Å². The van der Waals surface area contributed by atoms with Crippen molar-refractivity contribution in [1.82, 2.24) is 9.13 Å². The van der Waals surface area contributed by atoms with Crippen LogP contribution in [0.15, 0.2) is 170 Å². The van der Waals surface area contributed by atoms with Crippen LogP contribution in [-0.2, 0) is 0 Å². The highest BCUT2D eigenvalue weighted by Gasteiger charge is 2.19. The molecule has 228 valence electrons. The number of hydrogen-bond acceptors (Lipinski definition) is 1. The Hall–Kier alpha value is -6.16. The van der Waals surface area contributed by atoms with Crippen molar-refractivity contribution in [1.29, 1.82) is 0 Å². The van der Waals surface area contributed by atoms with E-state index in [0.29, 0.717) is 0 Å². The minimum absolute atomic E-state index is 1.18. The molecule has 0 radical (unpaired) electrons. The van der Waals surface area contributed by atoms with E-state index < -0.39 is 0 Å².